The van der Waals surface area contributed by atoms with Crippen LogP contribution in [-0.4, -0.2) is 37.3 Å². The zero-order valence-electron chi connectivity index (χ0n) is 11.0. The molecule has 19 heavy (non-hydrogen) atoms. The molecule has 1 aromatic heterocycles. The molecular formula is C13H18N2O3S. The Balaban J connectivity index is 1.85. The molecule has 1 unspecified atom stereocenters. The average Bonchev–Trinajstić information content (AvgIpc) is 3.19. The predicted molar refractivity (Wildman–Crippen MR) is 71.6 cm³/mol. The van der Waals surface area contributed by atoms with Gasteiger partial charge in [0.2, 0.25) is 0 Å². The van der Waals surface area contributed by atoms with E-state index in [0.717, 1.165) is 36.7 Å². The number of hydrogen-bond donors (Lipinski definition) is 1. The van der Waals surface area contributed by atoms with E-state index in [1.807, 2.05) is 6.92 Å². The summed E-state index contributed by atoms with van der Waals surface area (Å²) in [5, 5.41) is 4.33. The maximum absolute atomic E-state index is 12.0. The van der Waals surface area contributed by atoms with Gasteiger partial charge in [0.15, 0.2) is 0 Å². The lowest BCUT2D eigenvalue weighted by atomic mass is 10.2. The molecule has 2 fully saturated rings. The number of hydrogen-bond acceptors (Lipinski definition) is 6. The van der Waals surface area contributed by atoms with Crippen LogP contribution in [0.2, 0.25) is 0 Å². The highest BCUT2D eigenvalue weighted by Crippen LogP contribution is 2.43. The van der Waals surface area contributed by atoms with Gasteiger partial charge in [-0.25, -0.2) is 9.78 Å². The molecule has 0 bridgehead atoms. The van der Waals surface area contributed by atoms with Crippen molar-refractivity contribution in [1.82, 2.24) is 10.3 Å². The van der Waals surface area contributed by atoms with E-state index >= 15 is 0 Å². The van der Waals surface area contributed by atoms with E-state index in [9.17, 15) is 4.79 Å². The maximum atomic E-state index is 12.0. The normalized spacial score (nSPS) is 23.3. The topological polar surface area (TPSA) is 60.5 Å². The number of aromatic nitrogens is 1. The van der Waals surface area contributed by atoms with Crippen LogP contribution in [0, 0.1) is 0 Å². The molecule has 0 spiro atoms. The van der Waals surface area contributed by atoms with Crippen molar-refractivity contribution in [2.24, 2.45) is 0 Å². The number of nitrogens with zero attached hydrogens (tertiary/aromatic N) is 1. The molecule has 6 heteroatoms. The Morgan fingerprint density at radius 2 is 2.42 bits per heavy atom. The molecule has 2 aliphatic rings. The standard InChI is InChI=1S/C13H18N2O3S/c1-2-18-13(16)11-10(8-3-4-8)15-12(19-11)9-7-17-6-5-14-9/h8-9,14H,2-7H2,1H3. The molecule has 1 N–H and O–H groups in total. The smallest absolute Gasteiger partial charge is 0.350 e. The fourth-order valence-corrected chi connectivity index (χ4v) is 3.30. The molecule has 0 amide bonds. The number of carbonyl (C=O) groups excluding carboxylic acids is 1. The molecule has 2 heterocycles. The van der Waals surface area contributed by atoms with Crippen molar-refractivity contribution in [3.8, 4) is 0 Å². The summed E-state index contributed by atoms with van der Waals surface area (Å²) in [6, 6.07) is 0.111. The van der Waals surface area contributed by atoms with Gasteiger partial charge in [-0.3, -0.25) is 0 Å². The molecular weight excluding hydrogens is 264 g/mol. The third-order valence-electron chi connectivity index (χ3n) is 3.31. The van der Waals surface area contributed by atoms with Gasteiger partial charge < -0.3 is 14.8 Å². The van der Waals surface area contributed by atoms with Gasteiger partial charge in [-0.1, -0.05) is 0 Å². The van der Waals surface area contributed by atoms with Crippen LogP contribution in [0.15, 0.2) is 0 Å². The number of nitrogens with one attached hydrogen (secondary N) is 1. The Bertz CT molecular complexity index is 464. The Kier molecular flexibility index (Phi) is 3.81. The van der Waals surface area contributed by atoms with E-state index in [1.54, 1.807) is 0 Å². The Morgan fingerprint density at radius 3 is 3.05 bits per heavy atom. The monoisotopic (exact) mass is 282 g/mol. The van der Waals surface area contributed by atoms with Crippen LogP contribution in [-0.2, 0) is 9.47 Å². The van der Waals surface area contributed by atoms with E-state index in [2.05, 4.69) is 10.3 Å². The first-order valence-electron chi connectivity index (χ1n) is 6.78. The summed E-state index contributed by atoms with van der Waals surface area (Å²) in [5.41, 5.74) is 0.936. The van der Waals surface area contributed by atoms with E-state index in [-0.39, 0.29) is 12.0 Å². The van der Waals surface area contributed by atoms with Gasteiger partial charge in [0.05, 0.1) is 31.6 Å². The van der Waals surface area contributed by atoms with Crippen LogP contribution in [0.25, 0.3) is 0 Å². The third kappa shape index (κ3) is 2.80. The van der Waals surface area contributed by atoms with Crippen LogP contribution in [0.1, 0.15) is 52.1 Å². The van der Waals surface area contributed by atoms with Crippen molar-refractivity contribution in [3.63, 3.8) is 0 Å². The van der Waals surface area contributed by atoms with Crippen molar-refractivity contribution >= 4 is 17.3 Å². The van der Waals surface area contributed by atoms with Gasteiger partial charge in [-0.05, 0) is 19.8 Å². The van der Waals surface area contributed by atoms with Crippen molar-refractivity contribution in [1.29, 1.82) is 0 Å². The van der Waals surface area contributed by atoms with Gasteiger partial charge in [0.25, 0.3) is 0 Å². The summed E-state index contributed by atoms with van der Waals surface area (Å²) in [7, 11) is 0. The van der Waals surface area contributed by atoms with Crippen molar-refractivity contribution in [2.45, 2.75) is 31.7 Å². The van der Waals surface area contributed by atoms with Crippen LogP contribution in [0.3, 0.4) is 0 Å². The molecule has 1 saturated carbocycles. The molecule has 1 aliphatic carbocycles. The molecule has 1 aromatic rings. The second kappa shape index (κ2) is 5.56. The molecule has 3 rings (SSSR count). The fraction of sp³-hybridized carbons (Fsp3) is 0.692. The quantitative estimate of drug-likeness (QED) is 0.854. The molecule has 5 nitrogen and oxygen atoms in total. The zero-order chi connectivity index (χ0) is 13.2. The molecule has 0 radical (unpaired) electrons. The van der Waals surface area contributed by atoms with E-state index in [0.29, 0.717) is 24.0 Å². The first-order valence-corrected chi connectivity index (χ1v) is 7.60. The molecule has 0 aromatic carbocycles. The van der Waals surface area contributed by atoms with E-state index in [4.69, 9.17) is 9.47 Å². The number of carbonyl (C=O) groups is 1. The van der Waals surface area contributed by atoms with Crippen molar-refractivity contribution in [3.05, 3.63) is 15.6 Å². The number of ether oxygens (including phenoxy) is 2. The van der Waals surface area contributed by atoms with E-state index < -0.39 is 0 Å². The van der Waals surface area contributed by atoms with Crippen molar-refractivity contribution in [2.75, 3.05) is 26.4 Å². The summed E-state index contributed by atoms with van der Waals surface area (Å²) in [4.78, 5) is 17.4. The van der Waals surface area contributed by atoms with Crippen molar-refractivity contribution < 1.29 is 14.3 Å². The zero-order valence-corrected chi connectivity index (χ0v) is 11.8. The highest BCUT2D eigenvalue weighted by molar-refractivity contribution is 7.13. The lowest BCUT2D eigenvalue weighted by Crippen LogP contribution is -2.34. The molecule has 1 atom stereocenters. The van der Waals surface area contributed by atoms with Crippen LogP contribution in [0.5, 0.6) is 0 Å². The second-order valence-corrected chi connectivity index (χ2v) is 5.87. The fourth-order valence-electron chi connectivity index (χ4n) is 2.20. The minimum absolute atomic E-state index is 0.111. The van der Waals surface area contributed by atoms with Gasteiger partial charge in [0.1, 0.15) is 9.88 Å². The first-order chi connectivity index (χ1) is 9.29. The first kappa shape index (κ1) is 13.0. The summed E-state index contributed by atoms with van der Waals surface area (Å²) < 4.78 is 10.6. The average molecular weight is 282 g/mol. The summed E-state index contributed by atoms with van der Waals surface area (Å²) in [6.45, 7) is 4.42. The minimum Gasteiger partial charge on any atom is -0.462 e. The maximum Gasteiger partial charge on any atom is 0.350 e. The third-order valence-corrected chi connectivity index (χ3v) is 4.48. The summed E-state index contributed by atoms with van der Waals surface area (Å²) >= 11 is 1.45. The highest BCUT2D eigenvalue weighted by atomic mass is 32.1. The van der Waals surface area contributed by atoms with Crippen LogP contribution in [0.4, 0.5) is 0 Å². The summed E-state index contributed by atoms with van der Waals surface area (Å²) in [6.07, 6.45) is 2.26. The molecule has 1 saturated heterocycles. The summed E-state index contributed by atoms with van der Waals surface area (Å²) in [5.74, 6) is 0.221. The largest absolute Gasteiger partial charge is 0.462 e. The lowest BCUT2D eigenvalue weighted by molar-refractivity contribution is 0.0530. The SMILES string of the molecule is CCOC(=O)c1sc(C2COCCN2)nc1C1CC1. The molecule has 1 aliphatic heterocycles. The Hall–Kier alpha value is -0.980. The van der Waals surface area contributed by atoms with Crippen LogP contribution >= 0.6 is 11.3 Å². The van der Waals surface area contributed by atoms with Gasteiger partial charge in [0, 0.05) is 12.5 Å². The van der Waals surface area contributed by atoms with Gasteiger partial charge >= 0.3 is 5.97 Å². The highest BCUT2D eigenvalue weighted by Gasteiger charge is 2.34. The minimum atomic E-state index is -0.232. The second-order valence-electron chi connectivity index (χ2n) is 4.84. The van der Waals surface area contributed by atoms with Gasteiger partial charge in [-0.15, -0.1) is 11.3 Å². The number of esters is 1. The van der Waals surface area contributed by atoms with Gasteiger partial charge in [-0.2, -0.15) is 0 Å². The Morgan fingerprint density at radius 1 is 1.58 bits per heavy atom. The Labute approximate surface area is 116 Å². The number of morpholine rings is 1. The van der Waals surface area contributed by atoms with E-state index in [1.165, 1.54) is 11.3 Å². The number of thiazole rings is 1. The molecule has 104 valence electrons. The van der Waals surface area contributed by atoms with Crippen LogP contribution < -0.4 is 5.32 Å². The lowest BCUT2D eigenvalue weighted by Gasteiger charge is -2.21. The number of rotatable bonds is 4. The predicted octanol–water partition coefficient (Wildman–Crippen LogP) is 1.86.